The van der Waals surface area contributed by atoms with Crippen LogP contribution < -0.4 is 5.32 Å². The van der Waals surface area contributed by atoms with Crippen molar-refractivity contribution < 1.29 is 8.42 Å². The van der Waals surface area contributed by atoms with Gasteiger partial charge < -0.3 is 5.32 Å². The summed E-state index contributed by atoms with van der Waals surface area (Å²) in [6.07, 6.45) is 2.93. The average molecular weight is 258 g/mol. The fourth-order valence-electron chi connectivity index (χ4n) is 1.99. The average Bonchev–Trinajstić information content (AvgIpc) is 2.69. The molecule has 1 aliphatic heterocycles. The van der Waals surface area contributed by atoms with Crippen LogP contribution in [0, 0.1) is 0 Å². The Morgan fingerprint density at radius 2 is 2.18 bits per heavy atom. The van der Waals surface area contributed by atoms with Crippen molar-refractivity contribution in [3.8, 4) is 0 Å². The standard InChI is InChI=1S/C10H18N4O2S/c1-8-6-14(9(2)4-11-8)17(15,16)10-5-12-13(3)7-10/h5,7-9,11H,4,6H2,1-3H3. The minimum absolute atomic E-state index is 0.0311. The van der Waals surface area contributed by atoms with E-state index in [1.54, 1.807) is 11.4 Å². The summed E-state index contributed by atoms with van der Waals surface area (Å²) in [4.78, 5) is 0.265. The fourth-order valence-corrected chi connectivity index (χ4v) is 3.70. The van der Waals surface area contributed by atoms with Gasteiger partial charge in [-0.05, 0) is 13.8 Å². The smallest absolute Gasteiger partial charge is 0.246 e. The normalized spacial score (nSPS) is 27.2. The highest BCUT2D eigenvalue weighted by Crippen LogP contribution is 2.19. The van der Waals surface area contributed by atoms with Gasteiger partial charge in [-0.15, -0.1) is 0 Å². The van der Waals surface area contributed by atoms with Gasteiger partial charge in [0.15, 0.2) is 0 Å². The van der Waals surface area contributed by atoms with Crippen molar-refractivity contribution in [2.24, 2.45) is 7.05 Å². The number of hydrogen-bond acceptors (Lipinski definition) is 4. The van der Waals surface area contributed by atoms with Crippen LogP contribution in [0.25, 0.3) is 0 Å². The van der Waals surface area contributed by atoms with E-state index < -0.39 is 10.0 Å². The molecule has 6 nitrogen and oxygen atoms in total. The maximum Gasteiger partial charge on any atom is 0.246 e. The lowest BCUT2D eigenvalue weighted by atomic mass is 10.2. The van der Waals surface area contributed by atoms with Gasteiger partial charge in [-0.2, -0.15) is 9.40 Å². The molecule has 1 aromatic heterocycles. The van der Waals surface area contributed by atoms with Crippen LogP contribution in [0.1, 0.15) is 13.8 Å². The molecule has 0 aliphatic carbocycles. The largest absolute Gasteiger partial charge is 0.311 e. The minimum atomic E-state index is -3.41. The number of piperazine rings is 1. The van der Waals surface area contributed by atoms with Gasteiger partial charge in [0.25, 0.3) is 0 Å². The molecule has 96 valence electrons. The second-order valence-corrected chi connectivity index (χ2v) is 6.47. The molecule has 0 spiro atoms. The van der Waals surface area contributed by atoms with Crippen LogP contribution in [0.4, 0.5) is 0 Å². The highest BCUT2D eigenvalue weighted by Gasteiger charge is 2.33. The molecule has 2 heterocycles. The van der Waals surface area contributed by atoms with Crippen LogP contribution in [0.5, 0.6) is 0 Å². The Balaban J connectivity index is 2.31. The predicted octanol–water partition coefficient (Wildman–Crippen LogP) is -0.209. The van der Waals surface area contributed by atoms with Crippen LogP contribution in [0.3, 0.4) is 0 Å². The van der Waals surface area contributed by atoms with Gasteiger partial charge in [0.05, 0.1) is 6.20 Å². The third-order valence-corrected chi connectivity index (χ3v) is 4.93. The van der Waals surface area contributed by atoms with Gasteiger partial charge in [0, 0.05) is 38.4 Å². The van der Waals surface area contributed by atoms with E-state index in [0.29, 0.717) is 13.1 Å². The Morgan fingerprint density at radius 1 is 1.47 bits per heavy atom. The molecule has 2 rings (SSSR count). The second-order valence-electron chi connectivity index (χ2n) is 4.58. The molecular formula is C10H18N4O2S. The topological polar surface area (TPSA) is 67.2 Å². The summed E-state index contributed by atoms with van der Waals surface area (Å²) in [6, 6.07) is 0.147. The van der Waals surface area contributed by atoms with Crippen molar-refractivity contribution in [1.82, 2.24) is 19.4 Å². The number of sulfonamides is 1. The predicted molar refractivity (Wildman–Crippen MR) is 64.0 cm³/mol. The minimum Gasteiger partial charge on any atom is -0.311 e. The number of aryl methyl sites for hydroxylation is 1. The van der Waals surface area contributed by atoms with Crippen molar-refractivity contribution in [3.63, 3.8) is 0 Å². The number of nitrogens with zero attached hydrogens (tertiary/aromatic N) is 3. The molecule has 17 heavy (non-hydrogen) atoms. The lowest BCUT2D eigenvalue weighted by molar-refractivity contribution is 0.244. The summed E-state index contributed by atoms with van der Waals surface area (Å²) in [6.45, 7) is 5.07. The molecule has 2 atom stereocenters. The molecule has 0 saturated carbocycles. The van der Waals surface area contributed by atoms with E-state index >= 15 is 0 Å². The Kier molecular flexibility index (Phi) is 3.24. The zero-order valence-corrected chi connectivity index (χ0v) is 11.1. The summed E-state index contributed by atoms with van der Waals surface area (Å²) < 4.78 is 27.9. The lowest BCUT2D eigenvalue weighted by Gasteiger charge is -2.36. The first-order valence-electron chi connectivity index (χ1n) is 5.65. The van der Waals surface area contributed by atoms with Crippen LogP contribution in [-0.4, -0.2) is 47.7 Å². The highest BCUT2D eigenvalue weighted by molar-refractivity contribution is 7.89. The monoisotopic (exact) mass is 258 g/mol. The number of hydrogen-bond donors (Lipinski definition) is 1. The summed E-state index contributed by atoms with van der Waals surface area (Å²) in [5, 5.41) is 7.18. The fraction of sp³-hybridized carbons (Fsp3) is 0.700. The van der Waals surface area contributed by atoms with Gasteiger partial charge in [-0.3, -0.25) is 4.68 Å². The van der Waals surface area contributed by atoms with Gasteiger partial charge in [-0.1, -0.05) is 0 Å². The third kappa shape index (κ3) is 2.36. The van der Waals surface area contributed by atoms with Crippen molar-refractivity contribution >= 4 is 10.0 Å². The zero-order chi connectivity index (χ0) is 12.6. The molecule has 0 amide bonds. The van der Waals surface area contributed by atoms with Crippen LogP contribution >= 0.6 is 0 Å². The maximum absolute atomic E-state index is 12.4. The summed E-state index contributed by atoms with van der Waals surface area (Å²) in [5.41, 5.74) is 0. The van der Waals surface area contributed by atoms with Crippen molar-refractivity contribution in [2.75, 3.05) is 13.1 Å². The van der Waals surface area contributed by atoms with Crippen LogP contribution in [0.15, 0.2) is 17.3 Å². The summed E-state index contributed by atoms with van der Waals surface area (Å²) in [7, 11) is -1.70. The second kappa shape index (κ2) is 4.40. The van der Waals surface area contributed by atoms with E-state index in [1.165, 1.54) is 17.1 Å². The van der Waals surface area contributed by atoms with Crippen molar-refractivity contribution in [1.29, 1.82) is 0 Å². The quantitative estimate of drug-likeness (QED) is 0.797. The Bertz CT molecular complexity index is 496. The molecule has 0 radical (unpaired) electrons. The summed E-state index contributed by atoms with van der Waals surface area (Å²) >= 11 is 0. The van der Waals surface area contributed by atoms with E-state index in [9.17, 15) is 8.42 Å². The SMILES string of the molecule is CC1CN(S(=O)(=O)c2cnn(C)c2)C(C)CN1. The highest BCUT2D eigenvalue weighted by atomic mass is 32.2. The van der Waals surface area contributed by atoms with Gasteiger partial charge in [0.1, 0.15) is 4.90 Å². The first kappa shape index (κ1) is 12.5. The van der Waals surface area contributed by atoms with Gasteiger partial charge >= 0.3 is 0 Å². The number of rotatable bonds is 2. The van der Waals surface area contributed by atoms with E-state index in [0.717, 1.165) is 0 Å². The van der Waals surface area contributed by atoms with E-state index in [2.05, 4.69) is 10.4 Å². The molecule has 1 saturated heterocycles. The lowest BCUT2D eigenvalue weighted by Crippen LogP contribution is -2.56. The Morgan fingerprint density at radius 3 is 2.76 bits per heavy atom. The van der Waals surface area contributed by atoms with Gasteiger partial charge in [-0.25, -0.2) is 8.42 Å². The van der Waals surface area contributed by atoms with E-state index in [-0.39, 0.29) is 17.0 Å². The van der Waals surface area contributed by atoms with E-state index in [1.807, 2.05) is 13.8 Å². The van der Waals surface area contributed by atoms with Crippen LogP contribution in [-0.2, 0) is 17.1 Å². The van der Waals surface area contributed by atoms with Gasteiger partial charge in [0.2, 0.25) is 10.0 Å². The van der Waals surface area contributed by atoms with E-state index in [4.69, 9.17) is 0 Å². The first-order chi connectivity index (χ1) is 7.91. The summed E-state index contributed by atoms with van der Waals surface area (Å²) in [5.74, 6) is 0. The molecule has 0 bridgehead atoms. The first-order valence-corrected chi connectivity index (χ1v) is 7.09. The molecular weight excluding hydrogens is 240 g/mol. The Hall–Kier alpha value is -0.920. The molecule has 0 aromatic carbocycles. The Labute approximate surface area is 102 Å². The van der Waals surface area contributed by atoms with Crippen molar-refractivity contribution in [2.45, 2.75) is 30.8 Å². The number of aromatic nitrogens is 2. The zero-order valence-electron chi connectivity index (χ0n) is 10.3. The molecule has 1 fully saturated rings. The number of nitrogens with one attached hydrogen (secondary N) is 1. The molecule has 1 aromatic rings. The molecule has 7 heteroatoms. The van der Waals surface area contributed by atoms with Crippen molar-refractivity contribution in [3.05, 3.63) is 12.4 Å². The maximum atomic E-state index is 12.4. The van der Waals surface area contributed by atoms with Crippen LogP contribution in [0.2, 0.25) is 0 Å². The molecule has 2 unspecified atom stereocenters. The molecule has 1 aliphatic rings. The molecule has 1 N–H and O–H groups in total. The third-order valence-electron chi connectivity index (χ3n) is 2.99.